The van der Waals surface area contributed by atoms with Crippen LogP contribution < -0.4 is 5.32 Å². The molecular formula is C15H14F2N2O2. The van der Waals surface area contributed by atoms with Gasteiger partial charge in [0.1, 0.15) is 11.6 Å². The maximum Gasteiger partial charge on any atom is 0.274 e. The Morgan fingerprint density at radius 2 is 1.95 bits per heavy atom. The third kappa shape index (κ3) is 3.75. The number of nitrogens with zero attached hydrogens (tertiary/aromatic N) is 1. The smallest absolute Gasteiger partial charge is 0.274 e. The lowest BCUT2D eigenvalue weighted by Crippen LogP contribution is -2.10. The van der Waals surface area contributed by atoms with Crippen LogP contribution in [0.5, 0.6) is 0 Å². The van der Waals surface area contributed by atoms with E-state index in [-0.39, 0.29) is 23.2 Å². The molecule has 2 rings (SSSR count). The predicted octanol–water partition coefficient (Wildman–Crippen LogP) is 4.44. The molecule has 0 aliphatic carbocycles. The topological polar surface area (TPSA) is 55.2 Å². The second-order valence-corrected chi connectivity index (χ2v) is 4.62. The van der Waals surface area contributed by atoms with Crippen molar-refractivity contribution in [2.45, 2.75) is 19.4 Å². The Kier molecular flexibility index (Phi) is 4.47. The average molecular weight is 292 g/mol. The van der Waals surface area contributed by atoms with Crippen LogP contribution >= 0.6 is 0 Å². The molecule has 0 aliphatic heterocycles. The number of hydrogen-bond donors (Lipinski definition) is 1. The second-order valence-electron chi connectivity index (χ2n) is 4.62. The maximum absolute atomic E-state index is 13.4. The van der Waals surface area contributed by atoms with E-state index in [2.05, 4.69) is 5.32 Å². The van der Waals surface area contributed by atoms with Crippen LogP contribution in [-0.4, -0.2) is 4.92 Å². The Morgan fingerprint density at radius 3 is 2.57 bits per heavy atom. The number of nitrogens with one attached hydrogen (secondary N) is 1. The molecule has 0 bridgehead atoms. The molecule has 0 saturated heterocycles. The zero-order chi connectivity index (χ0) is 15.4. The van der Waals surface area contributed by atoms with Gasteiger partial charge in [-0.15, -0.1) is 0 Å². The Balaban J connectivity index is 2.28. The van der Waals surface area contributed by atoms with Gasteiger partial charge in [-0.25, -0.2) is 8.78 Å². The lowest BCUT2D eigenvalue weighted by Gasteiger charge is -2.18. The molecule has 1 N–H and O–H groups in total. The Bertz CT molecular complexity index is 662. The van der Waals surface area contributed by atoms with Crippen molar-refractivity contribution in [2.24, 2.45) is 0 Å². The minimum Gasteiger partial charge on any atom is -0.378 e. The molecule has 2 aromatic rings. The standard InChI is InChI=1S/C15H14F2N2O2/c1-2-15(10-4-3-5-11(16)6-10)18-13-7-12(17)8-14(9-13)19(20)21/h3-9,15,18H,2H2,1H3. The fourth-order valence-electron chi connectivity index (χ4n) is 2.11. The highest BCUT2D eigenvalue weighted by Crippen LogP contribution is 2.26. The number of halogens is 2. The van der Waals surface area contributed by atoms with Crippen LogP contribution in [0.15, 0.2) is 42.5 Å². The second kappa shape index (κ2) is 6.30. The number of nitro groups is 1. The summed E-state index contributed by atoms with van der Waals surface area (Å²) in [5, 5.41) is 13.7. The van der Waals surface area contributed by atoms with Crippen molar-refractivity contribution in [3.8, 4) is 0 Å². The minimum atomic E-state index is -0.694. The van der Waals surface area contributed by atoms with E-state index in [9.17, 15) is 18.9 Å². The fraction of sp³-hybridized carbons (Fsp3) is 0.200. The summed E-state index contributed by atoms with van der Waals surface area (Å²) >= 11 is 0. The third-order valence-corrected chi connectivity index (χ3v) is 3.09. The predicted molar refractivity (Wildman–Crippen MR) is 76.1 cm³/mol. The van der Waals surface area contributed by atoms with Gasteiger partial charge in [0.05, 0.1) is 17.0 Å². The molecule has 21 heavy (non-hydrogen) atoms. The third-order valence-electron chi connectivity index (χ3n) is 3.09. The molecule has 0 amide bonds. The van der Waals surface area contributed by atoms with Gasteiger partial charge in [-0.1, -0.05) is 19.1 Å². The summed E-state index contributed by atoms with van der Waals surface area (Å²) in [4.78, 5) is 10.1. The molecule has 6 heteroatoms. The van der Waals surface area contributed by atoms with Gasteiger partial charge in [-0.2, -0.15) is 0 Å². The normalized spacial score (nSPS) is 12.0. The van der Waals surface area contributed by atoms with Crippen LogP contribution in [0.25, 0.3) is 0 Å². The first-order valence-corrected chi connectivity index (χ1v) is 6.46. The largest absolute Gasteiger partial charge is 0.378 e. The highest BCUT2D eigenvalue weighted by Gasteiger charge is 2.14. The van der Waals surface area contributed by atoms with E-state index in [4.69, 9.17) is 0 Å². The number of anilines is 1. The van der Waals surface area contributed by atoms with Gasteiger partial charge in [-0.3, -0.25) is 10.1 Å². The van der Waals surface area contributed by atoms with E-state index in [0.29, 0.717) is 12.0 Å². The Hall–Kier alpha value is -2.50. The van der Waals surface area contributed by atoms with E-state index in [1.807, 2.05) is 6.92 Å². The molecule has 0 aliphatic rings. The van der Waals surface area contributed by atoms with Crippen molar-refractivity contribution in [3.05, 3.63) is 69.8 Å². The van der Waals surface area contributed by atoms with Crippen LogP contribution in [0.2, 0.25) is 0 Å². The van der Waals surface area contributed by atoms with Crippen molar-refractivity contribution < 1.29 is 13.7 Å². The molecule has 0 aromatic heterocycles. The molecule has 0 spiro atoms. The summed E-state index contributed by atoms with van der Waals surface area (Å²) < 4.78 is 26.7. The first-order valence-electron chi connectivity index (χ1n) is 6.46. The van der Waals surface area contributed by atoms with Crippen molar-refractivity contribution in [1.29, 1.82) is 0 Å². The number of benzene rings is 2. The number of non-ortho nitro benzene ring substituents is 1. The monoisotopic (exact) mass is 292 g/mol. The van der Waals surface area contributed by atoms with E-state index < -0.39 is 10.7 Å². The molecule has 4 nitrogen and oxygen atoms in total. The summed E-state index contributed by atoms with van der Waals surface area (Å²) in [5.41, 5.74) is 0.661. The molecule has 0 radical (unpaired) electrons. The number of rotatable bonds is 5. The SMILES string of the molecule is CCC(Nc1cc(F)cc([N+](=O)[O-])c1)c1cccc(F)c1. The highest BCUT2D eigenvalue weighted by atomic mass is 19.1. The van der Waals surface area contributed by atoms with Gasteiger partial charge in [0.25, 0.3) is 5.69 Å². The molecule has 0 heterocycles. The summed E-state index contributed by atoms with van der Waals surface area (Å²) in [7, 11) is 0. The summed E-state index contributed by atoms with van der Waals surface area (Å²) in [6.07, 6.45) is 0.619. The average Bonchev–Trinajstić information content (AvgIpc) is 2.44. The van der Waals surface area contributed by atoms with E-state index >= 15 is 0 Å². The highest BCUT2D eigenvalue weighted by molar-refractivity contribution is 5.53. The molecular weight excluding hydrogens is 278 g/mol. The van der Waals surface area contributed by atoms with Crippen LogP contribution in [0.4, 0.5) is 20.2 Å². The first kappa shape index (κ1) is 14.9. The Morgan fingerprint density at radius 1 is 1.19 bits per heavy atom. The van der Waals surface area contributed by atoms with Crippen LogP contribution in [-0.2, 0) is 0 Å². The van der Waals surface area contributed by atoms with Gasteiger partial charge in [0.2, 0.25) is 0 Å². The van der Waals surface area contributed by atoms with Crippen molar-refractivity contribution >= 4 is 11.4 Å². The molecule has 1 unspecified atom stereocenters. The van der Waals surface area contributed by atoms with Gasteiger partial charge in [0.15, 0.2) is 0 Å². The number of nitro benzene ring substituents is 1. The zero-order valence-electron chi connectivity index (χ0n) is 11.3. The molecule has 1 atom stereocenters. The minimum absolute atomic E-state index is 0.262. The quantitative estimate of drug-likeness (QED) is 0.655. The summed E-state index contributed by atoms with van der Waals surface area (Å²) in [6, 6.07) is 9.08. The van der Waals surface area contributed by atoms with Crippen LogP contribution in [0.3, 0.4) is 0 Å². The molecule has 0 fully saturated rings. The molecule has 110 valence electrons. The molecule has 2 aromatic carbocycles. The van der Waals surface area contributed by atoms with Gasteiger partial charge in [0, 0.05) is 11.8 Å². The number of hydrogen-bond acceptors (Lipinski definition) is 3. The molecule has 0 saturated carbocycles. The van der Waals surface area contributed by atoms with Crippen molar-refractivity contribution in [2.75, 3.05) is 5.32 Å². The van der Waals surface area contributed by atoms with E-state index in [1.165, 1.54) is 24.3 Å². The Labute approximate surface area is 120 Å². The maximum atomic E-state index is 13.4. The first-order chi connectivity index (χ1) is 9.99. The van der Waals surface area contributed by atoms with Crippen molar-refractivity contribution in [1.82, 2.24) is 0 Å². The van der Waals surface area contributed by atoms with Crippen LogP contribution in [0, 0.1) is 21.7 Å². The fourth-order valence-corrected chi connectivity index (χ4v) is 2.11. The van der Waals surface area contributed by atoms with Gasteiger partial charge >= 0.3 is 0 Å². The van der Waals surface area contributed by atoms with Gasteiger partial charge < -0.3 is 5.32 Å². The van der Waals surface area contributed by atoms with Crippen LogP contribution in [0.1, 0.15) is 24.9 Å². The summed E-state index contributed by atoms with van der Waals surface area (Å²) in [6.45, 7) is 1.89. The van der Waals surface area contributed by atoms with Gasteiger partial charge in [-0.05, 0) is 30.2 Å². The van der Waals surface area contributed by atoms with E-state index in [0.717, 1.165) is 6.07 Å². The van der Waals surface area contributed by atoms with E-state index in [1.54, 1.807) is 12.1 Å². The zero-order valence-corrected chi connectivity index (χ0v) is 11.3. The lowest BCUT2D eigenvalue weighted by molar-refractivity contribution is -0.385. The van der Waals surface area contributed by atoms with Crippen molar-refractivity contribution in [3.63, 3.8) is 0 Å². The summed E-state index contributed by atoms with van der Waals surface area (Å²) in [5.74, 6) is -1.06. The lowest BCUT2D eigenvalue weighted by atomic mass is 10.0.